The summed E-state index contributed by atoms with van der Waals surface area (Å²) in [6.07, 6.45) is 11.8. The van der Waals surface area contributed by atoms with Gasteiger partial charge in [0.05, 0.1) is 0 Å². The Kier molecular flexibility index (Phi) is 3.95. The van der Waals surface area contributed by atoms with E-state index in [4.69, 9.17) is 0 Å². The lowest BCUT2D eigenvalue weighted by Crippen LogP contribution is -2.33. The van der Waals surface area contributed by atoms with Gasteiger partial charge in [-0.25, -0.2) is 0 Å². The molecule has 2 aliphatic carbocycles. The molecule has 0 bridgehead atoms. The van der Waals surface area contributed by atoms with Crippen molar-refractivity contribution in [1.29, 1.82) is 0 Å². The molecule has 2 saturated carbocycles. The van der Waals surface area contributed by atoms with Crippen LogP contribution in [0.5, 0.6) is 0 Å². The Morgan fingerprint density at radius 2 is 1.78 bits per heavy atom. The van der Waals surface area contributed by atoms with Gasteiger partial charge in [-0.2, -0.15) is 0 Å². The standard InChI is InChI=1S/C16H30N2/c1-18(12-14-5-3-2-4-6-14)13-15-11-16(15)7-9-17-10-8-16/h14-15,17H,2-13H2,1H3. The summed E-state index contributed by atoms with van der Waals surface area (Å²) in [6.45, 7) is 5.27. The summed E-state index contributed by atoms with van der Waals surface area (Å²) in [4.78, 5) is 2.65. The first-order chi connectivity index (χ1) is 8.78. The minimum atomic E-state index is 0.770. The highest BCUT2D eigenvalue weighted by atomic mass is 15.1. The Hall–Kier alpha value is -0.0800. The maximum atomic E-state index is 3.51. The second kappa shape index (κ2) is 5.50. The molecule has 0 amide bonds. The SMILES string of the molecule is CN(CC1CCCCC1)CC1CC12CCNCC2. The highest BCUT2D eigenvalue weighted by Crippen LogP contribution is 2.58. The van der Waals surface area contributed by atoms with Gasteiger partial charge in [-0.05, 0) is 69.5 Å². The first-order valence-electron chi connectivity index (χ1n) is 8.18. The fourth-order valence-electron chi connectivity index (χ4n) is 4.49. The van der Waals surface area contributed by atoms with Crippen LogP contribution < -0.4 is 5.32 Å². The number of rotatable bonds is 4. The van der Waals surface area contributed by atoms with Crippen LogP contribution >= 0.6 is 0 Å². The zero-order valence-corrected chi connectivity index (χ0v) is 12.1. The number of piperidine rings is 1. The van der Waals surface area contributed by atoms with Crippen molar-refractivity contribution < 1.29 is 0 Å². The second-order valence-corrected chi connectivity index (χ2v) is 7.24. The molecule has 0 radical (unpaired) electrons. The van der Waals surface area contributed by atoms with Gasteiger partial charge >= 0.3 is 0 Å². The summed E-state index contributed by atoms with van der Waals surface area (Å²) in [5.41, 5.74) is 0.770. The van der Waals surface area contributed by atoms with Gasteiger partial charge in [-0.1, -0.05) is 19.3 Å². The van der Waals surface area contributed by atoms with Gasteiger partial charge < -0.3 is 10.2 Å². The molecule has 0 aromatic rings. The molecule has 3 rings (SSSR count). The number of nitrogens with one attached hydrogen (secondary N) is 1. The summed E-state index contributed by atoms with van der Waals surface area (Å²) in [7, 11) is 2.36. The molecule has 1 N–H and O–H groups in total. The summed E-state index contributed by atoms with van der Waals surface area (Å²) in [5, 5.41) is 3.51. The highest BCUT2D eigenvalue weighted by molar-refractivity contribution is 5.05. The third-order valence-corrected chi connectivity index (χ3v) is 5.78. The van der Waals surface area contributed by atoms with Crippen molar-refractivity contribution in [3.05, 3.63) is 0 Å². The van der Waals surface area contributed by atoms with Crippen molar-refractivity contribution >= 4 is 0 Å². The molecule has 2 heteroatoms. The van der Waals surface area contributed by atoms with Crippen molar-refractivity contribution in [2.45, 2.75) is 51.4 Å². The Labute approximate surface area is 113 Å². The van der Waals surface area contributed by atoms with Gasteiger partial charge in [-0.15, -0.1) is 0 Å². The molecule has 1 aliphatic heterocycles. The average molecular weight is 250 g/mol. The maximum Gasteiger partial charge on any atom is 0.00123 e. The normalized spacial score (nSPS) is 32.0. The second-order valence-electron chi connectivity index (χ2n) is 7.24. The van der Waals surface area contributed by atoms with Gasteiger partial charge in [-0.3, -0.25) is 0 Å². The summed E-state index contributed by atoms with van der Waals surface area (Å²) in [5.74, 6) is 2.03. The van der Waals surface area contributed by atoms with E-state index < -0.39 is 0 Å². The minimum absolute atomic E-state index is 0.770. The molecule has 1 unspecified atom stereocenters. The molecule has 3 aliphatic rings. The molecule has 1 atom stereocenters. The van der Waals surface area contributed by atoms with Crippen LogP contribution in [0.1, 0.15) is 51.4 Å². The predicted octanol–water partition coefficient (Wildman–Crippen LogP) is 2.89. The molecule has 3 fully saturated rings. The van der Waals surface area contributed by atoms with Gasteiger partial charge in [0.1, 0.15) is 0 Å². The molecule has 1 saturated heterocycles. The molecule has 0 aromatic carbocycles. The maximum absolute atomic E-state index is 3.51. The first-order valence-corrected chi connectivity index (χ1v) is 8.18. The molecular weight excluding hydrogens is 220 g/mol. The van der Waals surface area contributed by atoms with E-state index in [-0.39, 0.29) is 0 Å². The predicted molar refractivity (Wildman–Crippen MR) is 76.7 cm³/mol. The molecule has 18 heavy (non-hydrogen) atoms. The molecule has 0 aromatic heterocycles. The molecule has 1 heterocycles. The Balaban J connectivity index is 1.40. The Morgan fingerprint density at radius 3 is 2.50 bits per heavy atom. The van der Waals surface area contributed by atoms with Gasteiger partial charge in [0.25, 0.3) is 0 Å². The minimum Gasteiger partial charge on any atom is -0.317 e. The van der Waals surface area contributed by atoms with Gasteiger partial charge in [0, 0.05) is 13.1 Å². The third kappa shape index (κ3) is 2.91. The van der Waals surface area contributed by atoms with Crippen LogP contribution in [0, 0.1) is 17.3 Å². The lowest BCUT2D eigenvalue weighted by molar-refractivity contribution is 0.209. The van der Waals surface area contributed by atoms with Crippen LogP contribution in [0.25, 0.3) is 0 Å². The van der Waals surface area contributed by atoms with Crippen molar-refractivity contribution in [2.75, 3.05) is 33.2 Å². The highest BCUT2D eigenvalue weighted by Gasteiger charge is 2.53. The van der Waals surface area contributed by atoms with Crippen LogP contribution in [0.3, 0.4) is 0 Å². The van der Waals surface area contributed by atoms with E-state index in [1.807, 2.05) is 0 Å². The molecule has 2 nitrogen and oxygen atoms in total. The van der Waals surface area contributed by atoms with Crippen LogP contribution in [0.15, 0.2) is 0 Å². The fourth-order valence-corrected chi connectivity index (χ4v) is 4.49. The van der Waals surface area contributed by atoms with E-state index in [0.717, 1.165) is 17.3 Å². The number of hydrogen-bond acceptors (Lipinski definition) is 2. The van der Waals surface area contributed by atoms with E-state index in [2.05, 4.69) is 17.3 Å². The Bertz CT molecular complexity index is 264. The average Bonchev–Trinajstić information content (AvgIpc) is 3.02. The third-order valence-electron chi connectivity index (χ3n) is 5.78. The van der Waals surface area contributed by atoms with E-state index in [1.54, 1.807) is 0 Å². The number of nitrogens with zero attached hydrogens (tertiary/aromatic N) is 1. The summed E-state index contributed by atoms with van der Waals surface area (Å²) < 4.78 is 0. The fraction of sp³-hybridized carbons (Fsp3) is 1.00. The number of hydrogen-bond donors (Lipinski definition) is 1. The van der Waals surface area contributed by atoms with Crippen molar-refractivity contribution in [3.8, 4) is 0 Å². The largest absolute Gasteiger partial charge is 0.317 e. The van der Waals surface area contributed by atoms with Gasteiger partial charge in [0.2, 0.25) is 0 Å². The zero-order chi connectivity index (χ0) is 12.4. The van der Waals surface area contributed by atoms with Gasteiger partial charge in [0.15, 0.2) is 0 Å². The monoisotopic (exact) mass is 250 g/mol. The zero-order valence-electron chi connectivity index (χ0n) is 12.1. The molecular formula is C16H30N2. The lowest BCUT2D eigenvalue weighted by atomic mass is 9.88. The quantitative estimate of drug-likeness (QED) is 0.825. The molecule has 104 valence electrons. The summed E-state index contributed by atoms with van der Waals surface area (Å²) in [6, 6.07) is 0. The summed E-state index contributed by atoms with van der Waals surface area (Å²) >= 11 is 0. The lowest BCUT2D eigenvalue weighted by Gasteiger charge is -2.29. The van der Waals surface area contributed by atoms with E-state index >= 15 is 0 Å². The topological polar surface area (TPSA) is 15.3 Å². The van der Waals surface area contributed by atoms with E-state index in [0.29, 0.717) is 0 Å². The Morgan fingerprint density at radius 1 is 1.06 bits per heavy atom. The van der Waals surface area contributed by atoms with E-state index in [9.17, 15) is 0 Å². The van der Waals surface area contributed by atoms with Crippen LogP contribution in [0.2, 0.25) is 0 Å². The van der Waals surface area contributed by atoms with Crippen LogP contribution in [-0.2, 0) is 0 Å². The van der Waals surface area contributed by atoms with E-state index in [1.165, 1.54) is 77.5 Å². The van der Waals surface area contributed by atoms with Crippen molar-refractivity contribution in [3.63, 3.8) is 0 Å². The van der Waals surface area contributed by atoms with Crippen LogP contribution in [-0.4, -0.2) is 38.1 Å². The smallest absolute Gasteiger partial charge is 0.00123 e. The molecule has 1 spiro atoms. The van der Waals surface area contributed by atoms with Crippen molar-refractivity contribution in [1.82, 2.24) is 10.2 Å². The van der Waals surface area contributed by atoms with Crippen LogP contribution in [0.4, 0.5) is 0 Å². The first kappa shape index (κ1) is 12.9. The van der Waals surface area contributed by atoms with Crippen molar-refractivity contribution in [2.24, 2.45) is 17.3 Å².